The van der Waals surface area contributed by atoms with E-state index in [0.717, 1.165) is 0 Å². The SMILES string of the molecule is CC(C)[C@@H](NC(=O)Nc1ncccn1)C(=O)O. The first-order valence-corrected chi connectivity index (χ1v) is 5.08. The Hall–Kier alpha value is -2.18. The summed E-state index contributed by atoms with van der Waals surface area (Å²) in [6.07, 6.45) is 2.94. The van der Waals surface area contributed by atoms with E-state index >= 15 is 0 Å². The van der Waals surface area contributed by atoms with Gasteiger partial charge in [0.25, 0.3) is 0 Å². The molecule has 1 atom stereocenters. The van der Waals surface area contributed by atoms with Gasteiger partial charge in [0.15, 0.2) is 0 Å². The van der Waals surface area contributed by atoms with Gasteiger partial charge in [-0.1, -0.05) is 13.8 Å². The molecule has 0 aliphatic rings. The lowest BCUT2D eigenvalue weighted by molar-refractivity contribution is -0.140. The molecule has 0 aliphatic heterocycles. The van der Waals surface area contributed by atoms with Gasteiger partial charge in [0, 0.05) is 12.4 Å². The molecular formula is C10H14N4O3. The Morgan fingerprint density at radius 1 is 1.29 bits per heavy atom. The number of aromatic nitrogens is 2. The number of aliphatic carboxylic acids is 1. The maximum Gasteiger partial charge on any atom is 0.326 e. The van der Waals surface area contributed by atoms with Crippen molar-refractivity contribution in [1.82, 2.24) is 15.3 Å². The largest absolute Gasteiger partial charge is 0.480 e. The number of nitrogens with one attached hydrogen (secondary N) is 2. The minimum Gasteiger partial charge on any atom is -0.480 e. The molecule has 17 heavy (non-hydrogen) atoms. The maximum atomic E-state index is 11.5. The van der Waals surface area contributed by atoms with Crippen LogP contribution in [0.2, 0.25) is 0 Å². The molecule has 0 saturated heterocycles. The number of hydrogen-bond donors (Lipinski definition) is 3. The second-order valence-corrected chi connectivity index (χ2v) is 3.73. The highest BCUT2D eigenvalue weighted by molar-refractivity contribution is 5.90. The first kappa shape index (κ1) is 12.9. The molecule has 0 unspecified atom stereocenters. The first-order valence-electron chi connectivity index (χ1n) is 5.08. The summed E-state index contributed by atoms with van der Waals surface area (Å²) in [6.45, 7) is 3.41. The summed E-state index contributed by atoms with van der Waals surface area (Å²) in [5.41, 5.74) is 0. The highest BCUT2D eigenvalue weighted by atomic mass is 16.4. The van der Waals surface area contributed by atoms with E-state index in [1.165, 1.54) is 12.4 Å². The van der Waals surface area contributed by atoms with Gasteiger partial charge in [-0.05, 0) is 12.0 Å². The molecule has 0 aromatic carbocycles. The zero-order chi connectivity index (χ0) is 12.8. The predicted molar refractivity (Wildman–Crippen MR) is 60.4 cm³/mol. The predicted octanol–water partition coefficient (Wildman–Crippen LogP) is 0.707. The quantitative estimate of drug-likeness (QED) is 0.716. The Morgan fingerprint density at radius 3 is 2.35 bits per heavy atom. The minimum atomic E-state index is -1.08. The number of amides is 2. The van der Waals surface area contributed by atoms with Crippen LogP contribution in [0.4, 0.5) is 10.7 Å². The highest BCUT2D eigenvalue weighted by Gasteiger charge is 2.23. The van der Waals surface area contributed by atoms with E-state index in [-0.39, 0.29) is 11.9 Å². The third kappa shape index (κ3) is 4.06. The summed E-state index contributed by atoms with van der Waals surface area (Å²) in [7, 11) is 0. The van der Waals surface area contributed by atoms with Gasteiger partial charge in [-0.15, -0.1) is 0 Å². The number of nitrogens with zero attached hydrogens (tertiary/aromatic N) is 2. The van der Waals surface area contributed by atoms with Gasteiger partial charge < -0.3 is 10.4 Å². The summed E-state index contributed by atoms with van der Waals surface area (Å²) in [5, 5.41) is 13.6. The average molecular weight is 238 g/mol. The van der Waals surface area contributed by atoms with Crippen molar-refractivity contribution in [3.63, 3.8) is 0 Å². The first-order chi connectivity index (χ1) is 8.00. The lowest BCUT2D eigenvalue weighted by atomic mass is 10.1. The molecule has 0 fully saturated rings. The average Bonchev–Trinajstić information content (AvgIpc) is 2.26. The molecule has 7 heteroatoms. The van der Waals surface area contributed by atoms with Crippen LogP contribution in [-0.4, -0.2) is 33.1 Å². The molecule has 2 amide bonds. The van der Waals surface area contributed by atoms with Crippen LogP contribution in [0.3, 0.4) is 0 Å². The fourth-order valence-electron chi connectivity index (χ4n) is 1.16. The van der Waals surface area contributed by atoms with Crippen molar-refractivity contribution < 1.29 is 14.7 Å². The number of anilines is 1. The second-order valence-electron chi connectivity index (χ2n) is 3.73. The molecule has 0 radical (unpaired) electrons. The van der Waals surface area contributed by atoms with Crippen LogP contribution in [-0.2, 0) is 4.79 Å². The number of carboxylic acid groups (broad SMARTS) is 1. The summed E-state index contributed by atoms with van der Waals surface area (Å²) in [6, 6.07) is 0.0214. The minimum absolute atomic E-state index is 0.123. The molecule has 92 valence electrons. The molecular weight excluding hydrogens is 224 g/mol. The van der Waals surface area contributed by atoms with Gasteiger partial charge in [-0.3, -0.25) is 5.32 Å². The van der Waals surface area contributed by atoms with Gasteiger partial charge in [-0.2, -0.15) is 0 Å². The molecule has 0 saturated carbocycles. The van der Waals surface area contributed by atoms with Crippen LogP contribution in [0.25, 0.3) is 0 Å². The van der Waals surface area contributed by atoms with Crippen molar-refractivity contribution in [3.05, 3.63) is 18.5 Å². The Kier molecular flexibility index (Phi) is 4.38. The molecule has 1 rings (SSSR count). The molecule has 1 heterocycles. The standard InChI is InChI=1S/C10H14N4O3/c1-6(2)7(8(15)16)13-10(17)14-9-11-4-3-5-12-9/h3-7H,1-2H3,(H,15,16)(H2,11,12,13,14,17)/t7-/m1/s1. The Bertz CT molecular complexity index is 394. The smallest absolute Gasteiger partial charge is 0.326 e. The molecule has 0 spiro atoms. The number of carbonyl (C=O) groups is 2. The van der Waals surface area contributed by atoms with Gasteiger partial charge in [-0.25, -0.2) is 19.6 Å². The van der Waals surface area contributed by atoms with Crippen LogP contribution in [0.1, 0.15) is 13.8 Å². The van der Waals surface area contributed by atoms with Gasteiger partial charge >= 0.3 is 12.0 Å². The van der Waals surface area contributed by atoms with Gasteiger partial charge in [0.05, 0.1) is 0 Å². The fraction of sp³-hybridized carbons (Fsp3) is 0.400. The molecule has 0 bridgehead atoms. The van der Waals surface area contributed by atoms with Crippen molar-refractivity contribution in [1.29, 1.82) is 0 Å². The van der Waals surface area contributed by atoms with E-state index in [2.05, 4.69) is 20.6 Å². The Morgan fingerprint density at radius 2 is 1.88 bits per heavy atom. The summed E-state index contributed by atoms with van der Waals surface area (Å²) < 4.78 is 0. The molecule has 1 aromatic rings. The van der Waals surface area contributed by atoms with Crippen molar-refractivity contribution in [2.75, 3.05) is 5.32 Å². The Balaban J connectivity index is 2.57. The second kappa shape index (κ2) is 5.78. The topological polar surface area (TPSA) is 104 Å². The van der Waals surface area contributed by atoms with Crippen LogP contribution < -0.4 is 10.6 Å². The van der Waals surface area contributed by atoms with E-state index < -0.39 is 18.0 Å². The molecule has 7 nitrogen and oxygen atoms in total. The van der Waals surface area contributed by atoms with E-state index in [4.69, 9.17) is 5.11 Å². The van der Waals surface area contributed by atoms with E-state index in [9.17, 15) is 9.59 Å². The number of rotatable bonds is 4. The third-order valence-corrected chi connectivity index (χ3v) is 2.01. The lowest BCUT2D eigenvalue weighted by Gasteiger charge is -2.17. The van der Waals surface area contributed by atoms with Crippen molar-refractivity contribution in [2.45, 2.75) is 19.9 Å². The van der Waals surface area contributed by atoms with Crippen LogP contribution >= 0.6 is 0 Å². The monoisotopic (exact) mass is 238 g/mol. The summed E-state index contributed by atoms with van der Waals surface area (Å²) >= 11 is 0. The molecule has 0 aliphatic carbocycles. The number of urea groups is 1. The number of carboxylic acids is 1. The highest BCUT2D eigenvalue weighted by Crippen LogP contribution is 2.02. The van der Waals surface area contributed by atoms with Gasteiger partial charge in [0.1, 0.15) is 6.04 Å². The van der Waals surface area contributed by atoms with Crippen molar-refractivity contribution in [2.24, 2.45) is 5.92 Å². The zero-order valence-corrected chi connectivity index (χ0v) is 9.54. The molecule has 1 aromatic heterocycles. The van der Waals surface area contributed by atoms with Crippen LogP contribution in [0, 0.1) is 5.92 Å². The number of hydrogen-bond acceptors (Lipinski definition) is 4. The normalized spacial score (nSPS) is 11.9. The third-order valence-electron chi connectivity index (χ3n) is 2.01. The van der Waals surface area contributed by atoms with E-state index in [1.54, 1.807) is 19.9 Å². The molecule has 3 N–H and O–H groups in total. The van der Waals surface area contributed by atoms with E-state index in [1.807, 2.05) is 0 Å². The van der Waals surface area contributed by atoms with Crippen LogP contribution in [0.15, 0.2) is 18.5 Å². The number of carbonyl (C=O) groups excluding carboxylic acids is 1. The summed E-state index contributed by atoms with van der Waals surface area (Å²) in [5.74, 6) is -1.17. The zero-order valence-electron chi connectivity index (χ0n) is 9.54. The van der Waals surface area contributed by atoms with Gasteiger partial charge in [0.2, 0.25) is 5.95 Å². The fourth-order valence-corrected chi connectivity index (χ4v) is 1.16. The van der Waals surface area contributed by atoms with Crippen molar-refractivity contribution >= 4 is 17.9 Å². The van der Waals surface area contributed by atoms with Crippen LogP contribution in [0.5, 0.6) is 0 Å². The maximum absolute atomic E-state index is 11.5. The van der Waals surface area contributed by atoms with Crippen molar-refractivity contribution in [3.8, 4) is 0 Å². The van der Waals surface area contributed by atoms with E-state index in [0.29, 0.717) is 0 Å². The summed E-state index contributed by atoms with van der Waals surface area (Å²) in [4.78, 5) is 29.9. The Labute approximate surface area is 98.3 Å². The lowest BCUT2D eigenvalue weighted by Crippen LogP contribution is -2.46.